The van der Waals surface area contributed by atoms with E-state index in [9.17, 15) is 8.42 Å². The maximum absolute atomic E-state index is 12.5. The van der Waals surface area contributed by atoms with E-state index in [4.69, 9.17) is 10.5 Å². The molecule has 0 heterocycles. The minimum absolute atomic E-state index is 0.132. The summed E-state index contributed by atoms with van der Waals surface area (Å²) in [5, 5.41) is 0. The maximum atomic E-state index is 12.5. The molecule has 0 fully saturated rings. The third-order valence-electron chi connectivity index (χ3n) is 3.29. The summed E-state index contributed by atoms with van der Waals surface area (Å²) >= 11 is 0. The summed E-state index contributed by atoms with van der Waals surface area (Å²) < 4.78 is 32.8. The van der Waals surface area contributed by atoms with E-state index >= 15 is 0 Å². The number of hydrogen-bond donors (Lipinski definition) is 2. The Kier molecular flexibility index (Phi) is 5.56. The quantitative estimate of drug-likeness (QED) is 0.785. The molecule has 20 heavy (non-hydrogen) atoms. The monoisotopic (exact) mass is 300 g/mol. The maximum Gasteiger partial charge on any atom is 0.241 e. The highest BCUT2D eigenvalue weighted by atomic mass is 32.2. The first-order valence-electron chi connectivity index (χ1n) is 6.57. The molecule has 0 aliphatic carbocycles. The number of sulfonamides is 1. The Labute approximate surface area is 121 Å². The van der Waals surface area contributed by atoms with Crippen LogP contribution in [0.1, 0.15) is 25.0 Å². The van der Waals surface area contributed by atoms with Gasteiger partial charge in [-0.3, -0.25) is 0 Å². The molecule has 1 atom stereocenters. The number of methoxy groups -OCH3 is 1. The van der Waals surface area contributed by atoms with Gasteiger partial charge in [-0.2, -0.15) is 0 Å². The summed E-state index contributed by atoms with van der Waals surface area (Å²) in [5.41, 5.74) is 7.73. The Balaban J connectivity index is 3.17. The fourth-order valence-corrected chi connectivity index (χ4v) is 3.66. The van der Waals surface area contributed by atoms with Crippen LogP contribution in [0.15, 0.2) is 17.0 Å². The Morgan fingerprint density at radius 1 is 1.30 bits per heavy atom. The first-order chi connectivity index (χ1) is 9.19. The number of hydrogen-bond acceptors (Lipinski definition) is 4. The second-order valence-corrected chi connectivity index (χ2v) is 7.09. The zero-order valence-corrected chi connectivity index (χ0v) is 13.5. The second-order valence-electron chi connectivity index (χ2n) is 5.40. The van der Waals surface area contributed by atoms with Gasteiger partial charge in [0.1, 0.15) is 0 Å². The zero-order valence-electron chi connectivity index (χ0n) is 12.7. The zero-order chi connectivity index (χ0) is 15.5. The van der Waals surface area contributed by atoms with Crippen LogP contribution in [0, 0.1) is 19.8 Å². The number of nitrogen functional groups attached to an aromatic ring is 1. The highest BCUT2D eigenvalue weighted by Crippen LogP contribution is 2.23. The van der Waals surface area contributed by atoms with Gasteiger partial charge < -0.3 is 10.5 Å². The molecule has 0 aliphatic heterocycles. The lowest BCUT2D eigenvalue weighted by atomic mass is 10.1. The second kappa shape index (κ2) is 6.56. The SMILES string of the molecule is COCC(NS(=O)(=O)c1cc(C)cc(N)c1C)C(C)C. The van der Waals surface area contributed by atoms with Gasteiger partial charge in [0.15, 0.2) is 0 Å². The molecule has 3 N–H and O–H groups in total. The molecule has 0 aliphatic rings. The standard InChI is InChI=1S/C14H24N2O3S/c1-9(2)13(8-19-5)16-20(17,18)14-7-10(3)6-12(15)11(14)4/h6-7,9,13,16H,8,15H2,1-5H3. The Hall–Kier alpha value is -1.11. The number of benzene rings is 1. The average Bonchev–Trinajstić information content (AvgIpc) is 2.32. The number of rotatable bonds is 6. The van der Waals surface area contributed by atoms with Crippen LogP contribution in [-0.4, -0.2) is 28.2 Å². The third-order valence-corrected chi connectivity index (χ3v) is 4.91. The molecule has 1 unspecified atom stereocenters. The lowest BCUT2D eigenvalue weighted by Crippen LogP contribution is -2.41. The molecule has 0 aromatic heterocycles. The molecule has 114 valence electrons. The smallest absolute Gasteiger partial charge is 0.241 e. The normalized spacial score (nSPS) is 13.7. The first kappa shape index (κ1) is 16.9. The molecule has 0 amide bonds. The van der Waals surface area contributed by atoms with E-state index in [2.05, 4.69) is 4.72 Å². The molecule has 1 rings (SSSR count). The Morgan fingerprint density at radius 2 is 1.90 bits per heavy atom. The lowest BCUT2D eigenvalue weighted by molar-refractivity contribution is 0.157. The number of anilines is 1. The minimum Gasteiger partial charge on any atom is -0.398 e. The summed E-state index contributed by atoms with van der Waals surface area (Å²) in [4.78, 5) is 0.233. The molecule has 1 aromatic rings. The number of aryl methyl sites for hydroxylation is 1. The number of nitrogens with one attached hydrogen (secondary N) is 1. The van der Waals surface area contributed by atoms with Crippen LogP contribution < -0.4 is 10.5 Å². The lowest BCUT2D eigenvalue weighted by Gasteiger charge is -2.22. The summed E-state index contributed by atoms with van der Waals surface area (Å²) in [7, 11) is -2.06. The largest absolute Gasteiger partial charge is 0.398 e. The van der Waals surface area contributed by atoms with Gasteiger partial charge in [-0.25, -0.2) is 13.1 Å². The molecule has 0 saturated heterocycles. The van der Waals surface area contributed by atoms with Gasteiger partial charge in [-0.05, 0) is 43.0 Å². The predicted octanol–water partition coefficient (Wildman–Crippen LogP) is 1.83. The van der Waals surface area contributed by atoms with Crippen molar-refractivity contribution in [1.29, 1.82) is 0 Å². The summed E-state index contributed by atoms with van der Waals surface area (Å²) in [6.07, 6.45) is 0. The van der Waals surface area contributed by atoms with Crippen LogP contribution in [0.5, 0.6) is 0 Å². The van der Waals surface area contributed by atoms with Crippen molar-refractivity contribution in [3.05, 3.63) is 23.3 Å². The van der Waals surface area contributed by atoms with Crippen LogP contribution in [-0.2, 0) is 14.8 Å². The van der Waals surface area contributed by atoms with Gasteiger partial charge in [-0.1, -0.05) is 13.8 Å². The Bertz CT molecular complexity index is 568. The molecular formula is C14H24N2O3S. The topological polar surface area (TPSA) is 81.4 Å². The molecule has 5 nitrogen and oxygen atoms in total. The highest BCUT2D eigenvalue weighted by Gasteiger charge is 2.24. The molecule has 6 heteroatoms. The van der Waals surface area contributed by atoms with Gasteiger partial charge in [0.2, 0.25) is 10.0 Å². The van der Waals surface area contributed by atoms with Crippen molar-refractivity contribution in [3.63, 3.8) is 0 Å². The van der Waals surface area contributed by atoms with Crippen LogP contribution in [0.25, 0.3) is 0 Å². The van der Waals surface area contributed by atoms with Gasteiger partial charge >= 0.3 is 0 Å². The van der Waals surface area contributed by atoms with Crippen molar-refractivity contribution in [2.24, 2.45) is 5.92 Å². The van der Waals surface area contributed by atoms with E-state index < -0.39 is 10.0 Å². The van der Waals surface area contributed by atoms with Crippen molar-refractivity contribution >= 4 is 15.7 Å². The minimum atomic E-state index is -3.61. The molecule has 1 aromatic carbocycles. The van der Waals surface area contributed by atoms with Crippen molar-refractivity contribution in [3.8, 4) is 0 Å². The third kappa shape index (κ3) is 3.94. The van der Waals surface area contributed by atoms with Gasteiger partial charge in [0, 0.05) is 18.8 Å². The van der Waals surface area contributed by atoms with E-state index in [0.717, 1.165) is 5.56 Å². The van der Waals surface area contributed by atoms with E-state index in [1.165, 1.54) is 0 Å². The molecule has 0 saturated carbocycles. The van der Waals surface area contributed by atoms with E-state index in [-0.39, 0.29) is 16.9 Å². The van der Waals surface area contributed by atoms with E-state index in [1.807, 2.05) is 20.8 Å². The van der Waals surface area contributed by atoms with Crippen LogP contribution in [0.4, 0.5) is 5.69 Å². The van der Waals surface area contributed by atoms with Gasteiger partial charge in [0.25, 0.3) is 0 Å². The average molecular weight is 300 g/mol. The molecule has 0 spiro atoms. The Morgan fingerprint density at radius 3 is 2.40 bits per heavy atom. The van der Waals surface area contributed by atoms with Gasteiger partial charge in [-0.15, -0.1) is 0 Å². The van der Waals surface area contributed by atoms with Crippen molar-refractivity contribution in [2.45, 2.75) is 38.6 Å². The number of ether oxygens (including phenoxy) is 1. The fourth-order valence-electron chi connectivity index (χ4n) is 1.94. The highest BCUT2D eigenvalue weighted by molar-refractivity contribution is 7.89. The van der Waals surface area contributed by atoms with Crippen LogP contribution in [0.3, 0.4) is 0 Å². The van der Waals surface area contributed by atoms with E-state index in [0.29, 0.717) is 17.9 Å². The molecule has 0 radical (unpaired) electrons. The fraction of sp³-hybridized carbons (Fsp3) is 0.571. The van der Waals surface area contributed by atoms with E-state index in [1.54, 1.807) is 26.2 Å². The van der Waals surface area contributed by atoms with Crippen LogP contribution >= 0.6 is 0 Å². The molecular weight excluding hydrogens is 276 g/mol. The van der Waals surface area contributed by atoms with Crippen molar-refractivity contribution in [2.75, 3.05) is 19.5 Å². The summed E-state index contributed by atoms with van der Waals surface area (Å²) in [6.45, 7) is 7.76. The van der Waals surface area contributed by atoms with Gasteiger partial charge in [0.05, 0.1) is 11.5 Å². The predicted molar refractivity (Wildman–Crippen MR) is 81.2 cm³/mol. The van der Waals surface area contributed by atoms with Crippen molar-refractivity contribution < 1.29 is 13.2 Å². The molecule has 0 bridgehead atoms. The first-order valence-corrected chi connectivity index (χ1v) is 8.05. The summed E-state index contributed by atoms with van der Waals surface area (Å²) in [5.74, 6) is 0.132. The van der Waals surface area contributed by atoms with Crippen LogP contribution in [0.2, 0.25) is 0 Å². The van der Waals surface area contributed by atoms with Crippen molar-refractivity contribution in [1.82, 2.24) is 4.72 Å². The summed E-state index contributed by atoms with van der Waals surface area (Å²) in [6, 6.07) is 3.13. The number of nitrogens with two attached hydrogens (primary N) is 1.